The number of amides is 2. The summed E-state index contributed by atoms with van der Waals surface area (Å²) in [6.45, 7) is 5.60. The summed E-state index contributed by atoms with van der Waals surface area (Å²) >= 11 is 0. The molecule has 0 saturated heterocycles. The highest BCUT2D eigenvalue weighted by Gasteiger charge is 2.07. The fraction of sp³-hybridized carbons (Fsp3) is 0.318. The predicted octanol–water partition coefficient (Wildman–Crippen LogP) is 1.47. The lowest BCUT2D eigenvalue weighted by Gasteiger charge is -2.14. The summed E-state index contributed by atoms with van der Waals surface area (Å²) in [6, 6.07) is 13.1. The fourth-order valence-corrected chi connectivity index (χ4v) is 2.72. The van der Waals surface area contributed by atoms with Gasteiger partial charge in [-0.15, -0.1) is 0 Å². The fourth-order valence-electron chi connectivity index (χ4n) is 2.72. The molecule has 0 fully saturated rings. The van der Waals surface area contributed by atoms with E-state index in [4.69, 9.17) is 10.5 Å². The van der Waals surface area contributed by atoms with Crippen LogP contribution >= 0.6 is 0 Å². The maximum Gasteiger partial charge on any atom is 0.251 e. The van der Waals surface area contributed by atoms with Crippen molar-refractivity contribution in [3.63, 3.8) is 0 Å². The summed E-state index contributed by atoms with van der Waals surface area (Å²) in [4.78, 5) is 27.3. The number of aliphatic imine (C=N–C) groups is 1. The van der Waals surface area contributed by atoms with Gasteiger partial charge in [-0.1, -0.05) is 24.3 Å². The van der Waals surface area contributed by atoms with Gasteiger partial charge >= 0.3 is 0 Å². The van der Waals surface area contributed by atoms with Gasteiger partial charge in [-0.3, -0.25) is 9.59 Å². The van der Waals surface area contributed by atoms with Crippen LogP contribution in [0.1, 0.15) is 34.0 Å². The second-order valence-corrected chi connectivity index (χ2v) is 6.71. The summed E-state index contributed by atoms with van der Waals surface area (Å²) in [5.41, 5.74) is 8.63. The molecule has 0 unspecified atom stereocenters. The molecule has 0 aromatic heterocycles. The zero-order chi connectivity index (χ0) is 21.9. The van der Waals surface area contributed by atoms with E-state index >= 15 is 0 Å². The van der Waals surface area contributed by atoms with Gasteiger partial charge in [-0.2, -0.15) is 0 Å². The van der Waals surface area contributed by atoms with Gasteiger partial charge in [0.15, 0.2) is 5.96 Å². The van der Waals surface area contributed by atoms with Crippen molar-refractivity contribution in [1.29, 1.82) is 0 Å². The van der Waals surface area contributed by atoms with Crippen LogP contribution in [-0.4, -0.2) is 38.0 Å². The van der Waals surface area contributed by atoms with Crippen LogP contribution in [0.5, 0.6) is 5.75 Å². The van der Waals surface area contributed by atoms with Crippen LogP contribution in [-0.2, 0) is 17.9 Å². The molecular formula is C22H29N5O3. The molecule has 0 atom stereocenters. The Morgan fingerprint density at radius 1 is 1.07 bits per heavy atom. The van der Waals surface area contributed by atoms with Crippen molar-refractivity contribution >= 4 is 17.8 Å². The molecule has 2 aromatic rings. The Hall–Kier alpha value is -3.55. The van der Waals surface area contributed by atoms with Crippen LogP contribution < -0.4 is 26.4 Å². The molecule has 160 valence electrons. The first kappa shape index (κ1) is 22.7. The van der Waals surface area contributed by atoms with Gasteiger partial charge in [0.1, 0.15) is 5.75 Å². The maximum absolute atomic E-state index is 11.9. The van der Waals surface area contributed by atoms with E-state index in [1.54, 1.807) is 19.2 Å². The second kappa shape index (κ2) is 11.5. The van der Waals surface area contributed by atoms with Crippen molar-refractivity contribution < 1.29 is 14.3 Å². The summed E-state index contributed by atoms with van der Waals surface area (Å²) in [6.07, 6.45) is 0. The molecule has 0 spiro atoms. The second-order valence-electron chi connectivity index (χ2n) is 6.71. The minimum atomic E-state index is -0.582. The van der Waals surface area contributed by atoms with Gasteiger partial charge in [0.2, 0.25) is 5.91 Å². The SMILES string of the molecule is CCNC(=NCc1ccc(C(=O)NCC(N)=O)cc1)NCc1ccc(C)cc1OC. The third-order valence-corrected chi connectivity index (χ3v) is 4.29. The summed E-state index contributed by atoms with van der Waals surface area (Å²) in [5.74, 6) is 0.596. The molecule has 0 aliphatic carbocycles. The third-order valence-electron chi connectivity index (χ3n) is 4.29. The lowest BCUT2D eigenvalue weighted by Crippen LogP contribution is -2.36. The number of ether oxygens (including phenoxy) is 1. The summed E-state index contributed by atoms with van der Waals surface area (Å²) in [7, 11) is 1.66. The number of methoxy groups -OCH3 is 1. The lowest BCUT2D eigenvalue weighted by atomic mass is 10.1. The zero-order valence-electron chi connectivity index (χ0n) is 17.6. The van der Waals surface area contributed by atoms with Crippen LogP contribution in [0.15, 0.2) is 47.5 Å². The minimum Gasteiger partial charge on any atom is -0.496 e. The van der Waals surface area contributed by atoms with Crippen LogP contribution in [0.3, 0.4) is 0 Å². The number of guanidine groups is 1. The van der Waals surface area contributed by atoms with Gasteiger partial charge in [0.05, 0.1) is 20.2 Å². The van der Waals surface area contributed by atoms with E-state index < -0.39 is 5.91 Å². The Morgan fingerprint density at radius 2 is 1.80 bits per heavy atom. The number of aryl methyl sites for hydroxylation is 1. The number of nitrogens with one attached hydrogen (secondary N) is 3. The van der Waals surface area contributed by atoms with E-state index in [1.165, 1.54) is 0 Å². The Balaban J connectivity index is 1.99. The number of rotatable bonds is 9. The average molecular weight is 412 g/mol. The molecule has 0 radical (unpaired) electrons. The molecule has 0 aliphatic heterocycles. The Morgan fingerprint density at radius 3 is 2.43 bits per heavy atom. The Kier molecular flexibility index (Phi) is 8.68. The zero-order valence-corrected chi connectivity index (χ0v) is 17.6. The highest BCUT2D eigenvalue weighted by atomic mass is 16.5. The van der Waals surface area contributed by atoms with Crippen molar-refractivity contribution in [3.05, 3.63) is 64.7 Å². The van der Waals surface area contributed by atoms with Crippen molar-refractivity contribution in [2.45, 2.75) is 26.9 Å². The lowest BCUT2D eigenvalue weighted by molar-refractivity contribution is -0.117. The Bertz CT molecular complexity index is 894. The topological polar surface area (TPSA) is 118 Å². The molecule has 0 bridgehead atoms. The van der Waals surface area contributed by atoms with E-state index in [1.807, 2.05) is 44.2 Å². The first-order valence-electron chi connectivity index (χ1n) is 9.74. The van der Waals surface area contributed by atoms with Crippen LogP contribution in [0.2, 0.25) is 0 Å². The van der Waals surface area contributed by atoms with Gasteiger partial charge in [0, 0.05) is 24.2 Å². The molecule has 8 heteroatoms. The van der Waals surface area contributed by atoms with Crippen LogP contribution in [0, 0.1) is 6.92 Å². The standard InChI is InChI=1S/C22H29N5O3/c1-4-24-22(27-13-18-8-5-15(2)11-19(18)30-3)26-12-16-6-9-17(10-7-16)21(29)25-14-20(23)28/h5-11H,4,12-14H2,1-3H3,(H2,23,28)(H,25,29)(H2,24,26,27). The van der Waals surface area contributed by atoms with E-state index in [0.717, 1.165) is 29.0 Å². The van der Waals surface area contributed by atoms with E-state index in [0.29, 0.717) is 24.6 Å². The number of carbonyl (C=O) groups is 2. The molecule has 8 nitrogen and oxygen atoms in total. The van der Waals surface area contributed by atoms with Crippen molar-refractivity contribution in [3.8, 4) is 5.75 Å². The predicted molar refractivity (Wildman–Crippen MR) is 117 cm³/mol. The molecule has 0 saturated carbocycles. The molecule has 2 aromatic carbocycles. The first-order chi connectivity index (χ1) is 14.4. The van der Waals surface area contributed by atoms with Gasteiger partial charge < -0.3 is 26.4 Å². The normalized spacial score (nSPS) is 11.0. The molecule has 2 amide bonds. The number of hydrogen-bond acceptors (Lipinski definition) is 4. The highest BCUT2D eigenvalue weighted by Crippen LogP contribution is 2.19. The third kappa shape index (κ3) is 7.12. The van der Waals surface area contributed by atoms with E-state index in [9.17, 15) is 9.59 Å². The monoisotopic (exact) mass is 411 g/mol. The van der Waals surface area contributed by atoms with E-state index in [2.05, 4.69) is 20.9 Å². The molecule has 0 heterocycles. The van der Waals surface area contributed by atoms with Crippen LogP contribution in [0.4, 0.5) is 0 Å². The van der Waals surface area contributed by atoms with Gasteiger partial charge in [-0.25, -0.2) is 4.99 Å². The number of hydrogen-bond donors (Lipinski definition) is 4. The summed E-state index contributed by atoms with van der Waals surface area (Å²) < 4.78 is 5.45. The average Bonchev–Trinajstić information content (AvgIpc) is 2.74. The van der Waals surface area contributed by atoms with Crippen molar-refractivity contribution in [2.24, 2.45) is 10.7 Å². The number of benzene rings is 2. The number of carbonyl (C=O) groups excluding carboxylic acids is 2. The largest absolute Gasteiger partial charge is 0.496 e. The van der Waals surface area contributed by atoms with Crippen LogP contribution in [0.25, 0.3) is 0 Å². The highest BCUT2D eigenvalue weighted by molar-refractivity contribution is 5.96. The van der Waals surface area contributed by atoms with Gasteiger partial charge in [-0.05, 0) is 43.2 Å². The van der Waals surface area contributed by atoms with Crippen molar-refractivity contribution in [2.75, 3.05) is 20.2 Å². The molecule has 5 N–H and O–H groups in total. The molecule has 2 rings (SSSR count). The smallest absolute Gasteiger partial charge is 0.251 e. The van der Waals surface area contributed by atoms with Crippen molar-refractivity contribution in [1.82, 2.24) is 16.0 Å². The maximum atomic E-state index is 11.9. The minimum absolute atomic E-state index is 0.186. The first-order valence-corrected chi connectivity index (χ1v) is 9.74. The number of nitrogens with zero attached hydrogens (tertiary/aromatic N) is 1. The number of nitrogens with two attached hydrogens (primary N) is 1. The summed E-state index contributed by atoms with van der Waals surface area (Å²) in [5, 5.41) is 8.99. The molecule has 0 aliphatic rings. The Labute approximate surface area is 176 Å². The van der Waals surface area contributed by atoms with E-state index in [-0.39, 0.29) is 12.5 Å². The molecule has 30 heavy (non-hydrogen) atoms. The molecular weight excluding hydrogens is 382 g/mol. The quantitative estimate of drug-likeness (QED) is 0.368. The van der Waals surface area contributed by atoms with Gasteiger partial charge in [0.25, 0.3) is 5.91 Å². The number of primary amides is 1.